The Morgan fingerprint density at radius 3 is 2.30 bits per heavy atom. The van der Waals surface area contributed by atoms with Crippen LogP contribution in [-0.4, -0.2) is 16.7 Å². The van der Waals surface area contributed by atoms with Gasteiger partial charge in [0, 0.05) is 0 Å². The third-order valence-corrected chi connectivity index (χ3v) is 3.16. The van der Waals surface area contributed by atoms with E-state index in [1.807, 2.05) is 26.0 Å². The molecule has 1 N–H and O–H groups in total. The number of hydrogen-bond donors (Lipinski definition) is 1. The van der Waals surface area contributed by atoms with Crippen LogP contribution in [0.3, 0.4) is 0 Å². The summed E-state index contributed by atoms with van der Waals surface area (Å²) >= 11 is 0. The minimum absolute atomic E-state index is 0.545. The predicted octanol–water partition coefficient (Wildman–Crippen LogP) is 3.79. The molecule has 1 aromatic carbocycles. The molecular formula is C17H24O3. The molecule has 1 atom stereocenters. The fraction of sp³-hybridized carbons (Fsp3) is 0.471. The van der Waals surface area contributed by atoms with Crippen molar-refractivity contribution < 1.29 is 14.6 Å². The van der Waals surface area contributed by atoms with E-state index in [0.717, 1.165) is 12.8 Å². The number of aliphatic hydroxyl groups excluding tert-OH is 1. The first-order chi connectivity index (χ1) is 9.39. The molecule has 0 aliphatic rings. The van der Waals surface area contributed by atoms with Crippen molar-refractivity contribution in [2.24, 2.45) is 0 Å². The normalized spacial score (nSPS) is 12.7. The zero-order valence-corrected chi connectivity index (χ0v) is 12.7. The minimum Gasteiger partial charge on any atom is -0.453 e. The van der Waals surface area contributed by atoms with E-state index in [1.165, 1.54) is 5.57 Å². The highest BCUT2D eigenvalue weighted by molar-refractivity contribution is 5.76. The van der Waals surface area contributed by atoms with Gasteiger partial charge in [0.1, 0.15) is 5.60 Å². The average Bonchev–Trinajstić information content (AvgIpc) is 2.44. The molecule has 0 saturated heterocycles. The molecule has 0 saturated carbocycles. The Balaban J connectivity index is 2.77. The van der Waals surface area contributed by atoms with Crippen LogP contribution in [0.5, 0.6) is 0 Å². The van der Waals surface area contributed by atoms with Gasteiger partial charge >= 0.3 is 5.97 Å². The van der Waals surface area contributed by atoms with E-state index in [1.54, 1.807) is 24.3 Å². The number of esters is 1. The molecule has 0 bridgehead atoms. The van der Waals surface area contributed by atoms with Crippen LogP contribution in [0.15, 0.2) is 42.0 Å². The van der Waals surface area contributed by atoms with E-state index in [4.69, 9.17) is 4.74 Å². The van der Waals surface area contributed by atoms with Crippen molar-refractivity contribution in [3.63, 3.8) is 0 Å². The lowest BCUT2D eigenvalue weighted by Gasteiger charge is -2.24. The molecule has 0 amide bonds. The highest BCUT2D eigenvalue weighted by Crippen LogP contribution is 2.22. The number of rotatable bonds is 6. The molecule has 0 heterocycles. The standard InChI is InChI=1S/C17H24O3/c1-5-13(6-2)12-17(3,4)20-16(19)15(18)14-10-8-7-9-11-14/h7-12,15,18H,5-6H2,1-4H3. The van der Waals surface area contributed by atoms with Crippen molar-refractivity contribution in [1.29, 1.82) is 0 Å². The number of ether oxygens (including phenoxy) is 1. The Kier molecular flexibility index (Phi) is 5.96. The van der Waals surface area contributed by atoms with Crippen LogP contribution in [0.4, 0.5) is 0 Å². The molecule has 3 heteroatoms. The van der Waals surface area contributed by atoms with Gasteiger partial charge in [0.25, 0.3) is 0 Å². The number of allylic oxidation sites excluding steroid dienone is 1. The van der Waals surface area contributed by atoms with E-state index in [0.29, 0.717) is 5.56 Å². The summed E-state index contributed by atoms with van der Waals surface area (Å²) in [4.78, 5) is 12.0. The summed E-state index contributed by atoms with van der Waals surface area (Å²) in [6, 6.07) is 8.81. The van der Waals surface area contributed by atoms with E-state index in [2.05, 4.69) is 13.8 Å². The van der Waals surface area contributed by atoms with Crippen LogP contribution in [0, 0.1) is 0 Å². The molecule has 3 nitrogen and oxygen atoms in total. The van der Waals surface area contributed by atoms with Crippen LogP contribution in [-0.2, 0) is 9.53 Å². The van der Waals surface area contributed by atoms with Crippen molar-refractivity contribution in [3.8, 4) is 0 Å². The van der Waals surface area contributed by atoms with Gasteiger partial charge in [-0.05, 0) is 38.3 Å². The summed E-state index contributed by atoms with van der Waals surface area (Å²) in [7, 11) is 0. The van der Waals surface area contributed by atoms with E-state index in [9.17, 15) is 9.90 Å². The topological polar surface area (TPSA) is 46.5 Å². The number of aliphatic hydroxyl groups is 1. The molecule has 1 aromatic rings. The highest BCUT2D eigenvalue weighted by Gasteiger charge is 2.26. The van der Waals surface area contributed by atoms with Crippen molar-refractivity contribution in [3.05, 3.63) is 47.5 Å². The van der Waals surface area contributed by atoms with E-state index >= 15 is 0 Å². The molecule has 1 rings (SSSR count). The van der Waals surface area contributed by atoms with Crippen molar-refractivity contribution >= 4 is 5.97 Å². The van der Waals surface area contributed by atoms with Gasteiger partial charge in [0.15, 0.2) is 6.10 Å². The van der Waals surface area contributed by atoms with Gasteiger partial charge in [-0.15, -0.1) is 0 Å². The molecule has 20 heavy (non-hydrogen) atoms. The first-order valence-electron chi connectivity index (χ1n) is 7.06. The molecule has 0 aliphatic heterocycles. The highest BCUT2D eigenvalue weighted by atomic mass is 16.6. The smallest absolute Gasteiger partial charge is 0.340 e. The maximum Gasteiger partial charge on any atom is 0.340 e. The van der Waals surface area contributed by atoms with Crippen LogP contribution < -0.4 is 0 Å². The van der Waals surface area contributed by atoms with Gasteiger partial charge in [-0.3, -0.25) is 0 Å². The first kappa shape index (κ1) is 16.4. The molecule has 110 valence electrons. The maximum atomic E-state index is 12.0. The second-order valence-corrected chi connectivity index (χ2v) is 5.35. The lowest BCUT2D eigenvalue weighted by molar-refractivity contribution is -0.163. The van der Waals surface area contributed by atoms with Gasteiger partial charge in [0.2, 0.25) is 0 Å². The number of carbonyl (C=O) groups excluding carboxylic acids is 1. The molecule has 1 unspecified atom stereocenters. The van der Waals surface area contributed by atoms with E-state index in [-0.39, 0.29) is 0 Å². The zero-order valence-electron chi connectivity index (χ0n) is 12.7. The van der Waals surface area contributed by atoms with Crippen LogP contribution in [0.1, 0.15) is 52.2 Å². The van der Waals surface area contributed by atoms with Crippen molar-refractivity contribution in [1.82, 2.24) is 0 Å². The SMILES string of the molecule is CCC(=CC(C)(C)OC(=O)C(O)c1ccccc1)CC. The second-order valence-electron chi connectivity index (χ2n) is 5.35. The zero-order chi connectivity index (χ0) is 15.2. The molecule has 0 fully saturated rings. The minimum atomic E-state index is -1.24. The predicted molar refractivity (Wildman–Crippen MR) is 80.2 cm³/mol. The maximum absolute atomic E-state index is 12.0. The summed E-state index contributed by atoms with van der Waals surface area (Å²) < 4.78 is 5.42. The summed E-state index contributed by atoms with van der Waals surface area (Å²) in [6.07, 6.45) is 2.58. The lowest BCUT2D eigenvalue weighted by Crippen LogP contribution is -2.29. The second kappa shape index (κ2) is 7.25. The molecular weight excluding hydrogens is 252 g/mol. The molecule has 0 radical (unpaired) electrons. The summed E-state index contributed by atoms with van der Waals surface area (Å²) in [5.74, 6) is -0.621. The molecule has 0 aliphatic carbocycles. The molecule has 0 spiro atoms. The monoisotopic (exact) mass is 276 g/mol. The number of hydrogen-bond acceptors (Lipinski definition) is 3. The fourth-order valence-corrected chi connectivity index (χ4v) is 2.06. The van der Waals surface area contributed by atoms with Crippen molar-refractivity contribution in [2.75, 3.05) is 0 Å². The van der Waals surface area contributed by atoms with Crippen LogP contribution in [0.25, 0.3) is 0 Å². The number of carbonyl (C=O) groups is 1. The fourth-order valence-electron chi connectivity index (χ4n) is 2.06. The van der Waals surface area contributed by atoms with Gasteiger partial charge in [0.05, 0.1) is 0 Å². The first-order valence-corrected chi connectivity index (χ1v) is 7.06. The van der Waals surface area contributed by atoms with Gasteiger partial charge in [-0.1, -0.05) is 49.8 Å². The third kappa shape index (κ3) is 4.82. The Morgan fingerprint density at radius 1 is 1.25 bits per heavy atom. The largest absolute Gasteiger partial charge is 0.453 e. The average molecular weight is 276 g/mol. The quantitative estimate of drug-likeness (QED) is 0.635. The van der Waals surface area contributed by atoms with E-state index < -0.39 is 17.7 Å². The van der Waals surface area contributed by atoms with Crippen LogP contribution >= 0.6 is 0 Å². The lowest BCUT2D eigenvalue weighted by atomic mass is 10.0. The molecule has 0 aromatic heterocycles. The third-order valence-electron chi connectivity index (χ3n) is 3.16. The van der Waals surface area contributed by atoms with Crippen molar-refractivity contribution in [2.45, 2.75) is 52.2 Å². The Labute approximate surface area is 121 Å². The Bertz CT molecular complexity index is 454. The number of benzene rings is 1. The van der Waals surface area contributed by atoms with Crippen LogP contribution in [0.2, 0.25) is 0 Å². The summed E-state index contributed by atoms with van der Waals surface area (Å²) in [5, 5.41) is 10.0. The van der Waals surface area contributed by atoms with Gasteiger partial charge in [-0.2, -0.15) is 0 Å². The summed E-state index contributed by atoms with van der Waals surface area (Å²) in [5.41, 5.74) is 1.06. The Morgan fingerprint density at radius 2 is 1.80 bits per heavy atom. The summed E-state index contributed by atoms with van der Waals surface area (Å²) in [6.45, 7) is 7.81. The van der Waals surface area contributed by atoms with Gasteiger partial charge < -0.3 is 9.84 Å². The van der Waals surface area contributed by atoms with Gasteiger partial charge in [-0.25, -0.2) is 4.79 Å². The Hall–Kier alpha value is -1.61.